The van der Waals surface area contributed by atoms with Gasteiger partial charge in [-0.25, -0.2) is 14.0 Å². The molecule has 6 nitrogen and oxygen atoms in total. The molecule has 1 aromatic carbocycles. The van der Waals surface area contributed by atoms with Crippen molar-refractivity contribution in [1.29, 1.82) is 0 Å². The third-order valence-electron chi connectivity index (χ3n) is 2.68. The van der Waals surface area contributed by atoms with Gasteiger partial charge in [0.15, 0.2) is 0 Å². The van der Waals surface area contributed by atoms with Crippen molar-refractivity contribution in [2.75, 3.05) is 12.3 Å². The summed E-state index contributed by atoms with van der Waals surface area (Å²) in [5.41, 5.74) is 5.12. The van der Waals surface area contributed by atoms with Gasteiger partial charge in [-0.1, -0.05) is 12.2 Å². The van der Waals surface area contributed by atoms with Crippen LogP contribution in [-0.2, 0) is 4.74 Å². The van der Waals surface area contributed by atoms with Gasteiger partial charge in [-0.2, -0.15) is 0 Å². The Kier molecular flexibility index (Phi) is 6.12. The molecule has 0 heterocycles. The number of carbonyl (C=O) groups is 2. The third-order valence-corrected chi connectivity index (χ3v) is 2.68. The predicted molar refractivity (Wildman–Crippen MR) is 85.7 cm³/mol. The first-order chi connectivity index (χ1) is 10.6. The maximum absolute atomic E-state index is 13.4. The van der Waals surface area contributed by atoms with Crippen LogP contribution in [0.4, 0.5) is 14.9 Å². The molecule has 0 saturated carbocycles. The van der Waals surface area contributed by atoms with E-state index < -0.39 is 23.5 Å². The molecule has 0 bridgehead atoms. The summed E-state index contributed by atoms with van der Waals surface area (Å²) >= 11 is 0. The Labute approximate surface area is 134 Å². The lowest BCUT2D eigenvalue weighted by molar-refractivity contribution is 0.0528. The topological polar surface area (TPSA) is 102 Å². The Hall–Kier alpha value is -2.57. The van der Waals surface area contributed by atoms with Gasteiger partial charge in [0, 0.05) is 12.1 Å². The zero-order chi connectivity index (χ0) is 17.6. The third kappa shape index (κ3) is 6.37. The lowest BCUT2D eigenvalue weighted by Crippen LogP contribution is -2.32. The number of nitrogen functional groups attached to an aromatic ring is 1. The molecule has 0 radical (unpaired) electrons. The molecule has 23 heavy (non-hydrogen) atoms. The van der Waals surface area contributed by atoms with Crippen LogP contribution in [0.5, 0.6) is 0 Å². The second kappa shape index (κ2) is 7.62. The normalized spacial score (nSPS) is 11.5. The van der Waals surface area contributed by atoms with Crippen LogP contribution < -0.4 is 11.1 Å². The van der Waals surface area contributed by atoms with E-state index in [2.05, 4.69) is 5.32 Å². The molecule has 1 amide bonds. The minimum absolute atomic E-state index is 0.00440. The minimum Gasteiger partial charge on any atom is -0.478 e. The zero-order valence-corrected chi connectivity index (χ0v) is 13.4. The molecule has 0 aliphatic rings. The van der Waals surface area contributed by atoms with Gasteiger partial charge in [0.05, 0.1) is 11.3 Å². The molecule has 126 valence electrons. The summed E-state index contributed by atoms with van der Waals surface area (Å²) in [6, 6.07) is 2.03. The highest BCUT2D eigenvalue weighted by molar-refractivity contribution is 5.95. The Bertz CT molecular complexity index is 621. The molecule has 0 aliphatic carbocycles. The number of rotatable bonds is 5. The van der Waals surface area contributed by atoms with Crippen molar-refractivity contribution < 1.29 is 23.8 Å². The molecule has 0 aromatic heterocycles. The second-order valence-corrected chi connectivity index (χ2v) is 5.88. The molecule has 7 heteroatoms. The van der Waals surface area contributed by atoms with Gasteiger partial charge in [0.2, 0.25) is 0 Å². The fraction of sp³-hybridized carbons (Fsp3) is 0.375. The van der Waals surface area contributed by atoms with Gasteiger partial charge < -0.3 is 20.9 Å². The van der Waals surface area contributed by atoms with E-state index in [9.17, 15) is 14.0 Å². The first-order valence-corrected chi connectivity index (χ1v) is 7.06. The largest absolute Gasteiger partial charge is 0.478 e. The van der Waals surface area contributed by atoms with Crippen LogP contribution in [0.2, 0.25) is 0 Å². The number of ether oxygens (including phenoxy) is 1. The molecular formula is C16H21FN2O4. The maximum atomic E-state index is 13.4. The van der Waals surface area contributed by atoms with Crippen LogP contribution in [-0.4, -0.2) is 29.3 Å². The van der Waals surface area contributed by atoms with Crippen LogP contribution in [0.1, 0.15) is 43.1 Å². The highest BCUT2D eigenvalue weighted by Crippen LogP contribution is 2.21. The molecule has 0 unspecified atom stereocenters. The lowest BCUT2D eigenvalue weighted by Gasteiger charge is -2.19. The van der Waals surface area contributed by atoms with Crippen LogP contribution in [0.3, 0.4) is 0 Å². The van der Waals surface area contributed by atoms with Crippen LogP contribution in [0.15, 0.2) is 18.2 Å². The van der Waals surface area contributed by atoms with Crippen molar-refractivity contribution in [3.63, 3.8) is 0 Å². The average Bonchev–Trinajstić information content (AvgIpc) is 2.39. The molecule has 0 atom stereocenters. The zero-order valence-electron chi connectivity index (χ0n) is 13.4. The minimum atomic E-state index is -1.29. The summed E-state index contributed by atoms with van der Waals surface area (Å²) in [5.74, 6) is -1.97. The van der Waals surface area contributed by atoms with Gasteiger partial charge in [-0.05, 0) is 39.3 Å². The van der Waals surface area contributed by atoms with Crippen molar-refractivity contribution in [3.05, 3.63) is 35.2 Å². The quantitative estimate of drug-likeness (QED) is 0.571. The standard InChI is InChI=1S/C16H21FN2O4/c1-16(2,3)23-15(22)19-7-5-4-6-10-8-11(17)9-12(13(10)18)14(20)21/h4,6,8-9H,5,7,18H2,1-3H3,(H,19,22)(H,20,21). The van der Waals surface area contributed by atoms with Gasteiger partial charge in [-0.15, -0.1) is 0 Å². The smallest absolute Gasteiger partial charge is 0.407 e. The van der Waals surface area contributed by atoms with Gasteiger partial charge in [0.1, 0.15) is 11.4 Å². The van der Waals surface area contributed by atoms with E-state index in [4.69, 9.17) is 15.6 Å². The molecule has 4 N–H and O–H groups in total. The summed E-state index contributed by atoms with van der Waals surface area (Å²) in [4.78, 5) is 22.4. The Morgan fingerprint density at radius 3 is 2.61 bits per heavy atom. The number of carbonyl (C=O) groups excluding carboxylic acids is 1. The molecule has 1 rings (SSSR count). The van der Waals surface area contributed by atoms with Crippen molar-refractivity contribution in [1.82, 2.24) is 5.32 Å². The highest BCUT2D eigenvalue weighted by Gasteiger charge is 2.15. The SMILES string of the molecule is CC(C)(C)OC(=O)NCCC=Cc1cc(F)cc(C(=O)O)c1N. The van der Waals surface area contributed by atoms with Crippen molar-refractivity contribution in [2.45, 2.75) is 32.8 Å². The summed E-state index contributed by atoms with van der Waals surface area (Å²) < 4.78 is 18.5. The Morgan fingerprint density at radius 1 is 1.39 bits per heavy atom. The average molecular weight is 324 g/mol. The number of aromatic carboxylic acids is 1. The molecule has 0 fully saturated rings. The number of nitrogens with one attached hydrogen (secondary N) is 1. The first kappa shape index (κ1) is 18.5. The number of halogens is 1. The van der Waals surface area contributed by atoms with Gasteiger partial charge in [-0.3, -0.25) is 0 Å². The van der Waals surface area contributed by atoms with Gasteiger partial charge in [0.25, 0.3) is 0 Å². The number of carboxylic acid groups (broad SMARTS) is 1. The van der Waals surface area contributed by atoms with E-state index >= 15 is 0 Å². The van der Waals surface area contributed by atoms with E-state index in [1.54, 1.807) is 26.8 Å². The number of hydrogen-bond donors (Lipinski definition) is 3. The number of carboxylic acids is 1. The fourth-order valence-corrected chi connectivity index (χ4v) is 1.74. The van der Waals surface area contributed by atoms with E-state index in [-0.39, 0.29) is 16.8 Å². The molecule has 0 spiro atoms. The van der Waals surface area contributed by atoms with E-state index in [1.807, 2.05) is 0 Å². The lowest BCUT2D eigenvalue weighted by atomic mass is 10.1. The molecular weight excluding hydrogens is 303 g/mol. The summed E-state index contributed by atoms with van der Waals surface area (Å²) in [6.45, 7) is 5.62. The van der Waals surface area contributed by atoms with Crippen LogP contribution in [0.25, 0.3) is 6.08 Å². The van der Waals surface area contributed by atoms with Crippen molar-refractivity contribution >= 4 is 23.8 Å². The van der Waals surface area contributed by atoms with Crippen molar-refractivity contribution in [2.24, 2.45) is 0 Å². The first-order valence-electron chi connectivity index (χ1n) is 7.06. The van der Waals surface area contributed by atoms with Crippen molar-refractivity contribution in [3.8, 4) is 0 Å². The fourth-order valence-electron chi connectivity index (χ4n) is 1.74. The summed E-state index contributed by atoms with van der Waals surface area (Å²) in [6.07, 6.45) is 3.11. The summed E-state index contributed by atoms with van der Waals surface area (Å²) in [5, 5.41) is 11.5. The summed E-state index contributed by atoms with van der Waals surface area (Å²) in [7, 11) is 0. The molecule has 0 aliphatic heterocycles. The van der Waals surface area contributed by atoms with E-state index in [1.165, 1.54) is 6.08 Å². The van der Waals surface area contributed by atoms with Crippen LogP contribution in [0, 0.1) is 5.82 Å². The molecule has 0 saturated heterocycles. The van der Waals surface area contributed by atoms with E-state index in [0.717, 1.165) is 12.1 Å². The monoisotopic (exact) mass is 324 g/mol. The maximum Gasteiger partial charge on any atom is 0.407 e. The van der Waals surface area contributed by atoms with Gasteiger partial charge >= 0.3 is 12.1 Å². The number of hydrogen-bond acceptors (Lipinski definition) is 4. The number of alkyl carbamates (subject to hydrolysis) is 1. The molecule has 1 aromatic rings. The second-order valence-electron chi connectivity index (χ2n) is 5.88. The predicted octanol–water partition coefficient (Wildman–Crippen LogP) is 3.03. The van der Waals surface area contributed by atoms with Crippen LogP contribution >= 0.6 is 0 Å². The Balaban J connectivity index is 2.59. The highest BCUT2D eigenvalue weighted by atomic mass is 19.1. The number of amides is 1. The number of benzene rings is 1. The Morgan fingerprint density at radius 2 is 2.04 bits per heavy atom. The number of nitrogens with two attached hydrogens (primary N) is 1. The number of anilines is 1. The van der Waals surface area contributed by atoms with E-state index in [0.29, 0.717) is 13.0 Å².